The van der Waals surface area contributed by atoms with Crippen LogP contribution in [-0.2, 0) is 0 Å². The number of rotatable bonds is 4. The molecule has 2 aromatic carbocycles. The first-order chi connectivity index (χ1) is 17.2. The second-order valence-corrected chi connectivity index (χ2v) is 9.03. The third-order valence-electron chi connectivity index (χ3n) is 6.48. The minimum atomic E-state index is -0.0149. The number of anilines is 1. The molecule has 0 radical (unpaired) electrons. The van der Waals surface area contributed by atoms with Crippen LogP contribution >= 0.6 is 11.6 Å². The number of likely N-dealkylation sites (tertiary alicyclic amines) is 1. The molecule has 1 fully saturated rings. The van der Waals surface area contributed by atoms with Gasteiger partial charge in [0.05, 0.1) is 34.2 Å². The Bertz CT molecular complexity index is 1540. The summed E-state index contributed by atoms with van der Waals surface area (Å²) >= 11 is 6.46. The topological polar surface area (TPSA) is 99.7 Å². The van der Waals surface area contributed by atoms with E-state index in [1.165, 1.54) is 0 Å². The van der Waals surface area contributed by atoms with Crippen molar-refractivity contribution in [3.05, 3.63) is 77.7 Å². The van der Waals surface area contributed by atoms with Crippen LogP contribution < -0.4 is 5.32 Å². The predicted molar refractivity (Wildman–Crippen MR) is 136 cm³/mol. The van der Waals surface area contributed by atoms with Crippen molar-refractivity contribution in [2.24, 2.45) is 0 Å². The van der Waals surface area contributed by atoms with Crippen molar-refractivity contribution < 1.29 is 4.79 Å². The number of piperidine rings is 1. The van der Waals surface area contributed by atoms with Crippen LogP contribution in [0.4, 0.5) is 5.95 Å². The summed E-state index contributed by atoms with van der Waals surface area (Å²) in [5.74, 6) is 0.516. The molecule has 4 heterocycles. The van der Waals surface area contributed by atoms with Crippen LogP contribution in [0.2, 0.25) is 5.02 Å². The van der Waals surface area contributed by atoms with Gasteiger partial charge in [-0.15, -0.1) is 0 Å². The molecule has 9 heteroatoms. The molecule has 0 saturated carbocycles. The van der Waals surface area contributed by atoms with Gasteiger partial charge in [-0.1, -0.05) is 48.0 Å². The molecular weight excluding hydrogens is 462 g/mol. The van der Waals surface area contributed by atoms with Crippen molar-refractivity contribution in [2.45, 2.75) is 18.9 Å². The fraction of sp³-hybridized carbons (Fsp3) is 0.192. The first-order valence-electron chi connectivity index (χ1n) is 11.5. The first-order valence-corrected chi connectivity index (χ1v) is 11.9. The van der Waals surface area contributed by atoms with E-state index < -0.39 is 0 Å². The van der Waals surface area contributed by atoms with E-state index in [-0.39, 0.29) is 11.9 Å². The normalized spacial score (nSPS) is 14.5. The predicted octanol–water partition coefficient (Wildman–Crippen LogP) is 4.94. The number of H-pyrrole nitrogens is 1. The number of nitrogens with zero attached hydrogens (tertiary/aromatic N) is 5. The van der Waals surface area contributed by atoms with Crippen LogP contribution in [0.1, 0.15) is 23.2 Å². The molecule has 8 nitrogen and oxygen atoms in total. The van der Waals surface area contributed by atoms with E-state index in [0.29, 0.717) is 35.3 Å². The van der Waals surface area contributed by atoms with E-state index in [4.69, 9.17) is 16.6 Å². The molecule has 1 aliphatic rings. The quantitative estimate of drug-likeness (QED) is 0.375. The lowest BCUT2D eigenvalue weighted by Gasteiger charge is -2.32. The average molecular weight is 484 g/mol. The average Bonchev–Trinajstić information content (AvgIpc) is 3.33. The van der Waals surface area contributed by atoms with Crippen molar-refractivity contribution >= 4 is 45.3 Å². The van der Waals surface area contributed by atoms with Crippen LogP contribution in [0.15, 0.2) is 67.1 Å². The number of hydrogen-bond acceptors (Lipinski definition) is 6. The molecule has 1 aliphatic heterocycles. The molecular formula is C26H22ClN7O. The number of aromatic nitrogens is 5. The molecule has 2 N–H and O–H groups in total. The molecule has 1 amide bonds. The number of aromatic amines is 1. The third kappa shape index (κ3) is 4.06. The number of amides is 1. The Kier molecular flexibility index (Phi) is 5.50. The number of halogens is 1. The van der Waals surface area contributed by atoms with Crippen molar-refractivity contribution in [1.82, 2.24) is 30.0 Å². The van der Waals surface area contributed by atoms with Crippen molar-refractivity contribution in [1.29, 1.82) is 0 Å². The summed E-state index contributed by atoms with van der Waals surface area (Å²) in [6.07, 6.45) is 6.69. The number of para-hydroxylation sites is 1. The van der Waals surface area contributed by atoms with E-state index in [1.54, 1.807) is 12.4 Å². The summed E-state index contributed by atoms with van der Waals surface area (Å²) in [5, 5.41) is 14.0. The molecule has 6 rings (SSSR count). The monoisotopic (exact) mass is 483 g/mol. The molecule has 0 unspecified atom stereocenters. The minimum absolute atomic E-state index is 0.0149. The van der Waals surface area contributed by atoms with Gasteiger partial charge in [-0.25, -0.2) is 9.97 Å². The van der Waals surface area contributed by atoms with Gasteiger partial charge in [-0.05, 0) is 25.0 Å². The second kappa shape index (κ2) is 8.96. The lowest BCUT2D eigenvalue weighted by Crippen LogP contribution is -2.42. The van der Waals surface area contributed by atoms with Gasteiger partial charge in [0.15, 0.2) is 0 Å². The van der Waals surface area contributed by atoms with Gasteiger partial charge in [0.1, 0.15) is 0 Å². The summed E-state index contributed by atoms with van der Waals surface area (Å²) < 4.78 is 0. The van der Waals surface area contributed by atoms with E-state index >= 15 is 0 Å². The highest BCUT2D eigenvalue weighted by Crippen LogP contribution is 2.32. The fourth-order valence-corrected chi connectivity index (χ4v) is 4.84. The minimum Gasteiger partial charge on any atom is -0.360 e. The van der Waals surface area contributed by atoms with Crippen LogP contribution in [0.5, 0.6) is 0 Å². The van der Waals surface area contributed by atoms with E-state index in [2.05, 4.69) is 25.5 Å². The van der Waals surface area contributed by atoms with E-state index in [1.807, 2.05) is 59.6 Å². The first kappa shape index (κ1) is 21.5. The fourth-order valence-electron chi connectivity index (χ4n) is 4.65. The number of carbonyl (C=O) groups excluding carboxylic acids is 1. The Balaban J connectivity index is 1.16. The maximum Gasteiger partial charge on any atom is 0.256 e. The Morgan fingerprint density at radius 2 is 1.80 bits per heavy atom. The summed E-state index contributed by atoms with van der Waals surface area (Å²) in [4.78, 5) is 27.5. The largest absolute Gasteiger partial charge is 0.360 e. The van der Waals surface area contributed by atoms with Crippen molar-refractivity contribution in [3.63, 3.8) is 0 Å². The zero-order chi connectivity index (χ0) is 23.8. The van der Waals surface area contributed by atoms with Crippen molar-refractivity contribution in [3.8, 4) is 11.3 Å². The maximum atomic E-state index is 13.2. The molecule has 0 spiro atoms. The van der Waals surface area contributed by atoms with Gasteiger partial charge in [-0.3, -0.25) is 4.79 Å². The van der Waals surface area contributed by atoms with Crippen molar-refractivity contribution in [2.75, 3.05) is 18.4 Å². The zero-order valence-electron chi connectivity index (χ0n) is 18.8. The van der Waals surface area contributed by atoms with Gasteiger partial charge < -0.3 is 15.2 Å². The van der Waals surface area contributed by atoms with Crippen LogP contribution in [-0.4, -0.2) is 55.1 Å². The van der Waals surface area contributed by atoms with Gasteiger partial charge >= 0.3 is 0 Å². The molecule has 0 bridgehead atoms. The smallest absolute Gasteiger partial charge is 0.256 e. The lowest BCUT2D eigenvalue weighted by molar-refractivity contribution is 0.0720. The number of fused-ring (bicyclic) bond motifs is 2. The highest BCUT2D eigenvalue weighted by Gasteiger charge is 2.26. The highest BCUT2D eigenvalue weighted by atomic mass is 35.5. The van der Waals surface area contributed by atoms with Gasteiger partial charge in [0.25, 0.3) is 5.91 Å². The Labute approximate surface area is 206 Å². The number of hydrogen-bond donors (Lipinski definition) is 2. The van der Waals surface area contributed by atoms with E-state index in [0.717, 1.165) is 40.2 Å². The standard InChI is InChI=1S/C26H22ClN7O/c27-21-15-29-26(32-24(21)19-13-28-22-7-3-1-5-17(19)22)31-16-9-11-34(12-10-16)25(35)20-14-30-33-23-8-4-2-6-18(20)23/h1-8,13-16,28H,9-12H2,(H,29,31,32). The van der Waals surface area contributed by atoms with Gasteiger partial charge in [0, 0.05) is 47.2 Å². The maximum absolute atomic E-state index is 13.2. The van der Waals surface area contributed by atoms with Gasteiger partial charge in [0.2, 0.25) is 5.95 Å². The number of benzene rings is 2. The third-order valence-corrected chi connectivity index (χ3v) is 6.76. The molecule has 0 atom stereocenters. The molecule has 1 saturated heterocycles. The molecule has 5 aromatic rings. The van der Waals surface area contributed by atoms with Crippen LogP contribution in [0.3, 0.4) is 0 Å². The number of carbonyl (C=O) groups is 1. The molecule has 3 aromatic heterocycles. The van der Waals surface area contributed by atoms with Crippen LogP contribution in [0, 0.1) is 0 Å². The Morgan fingerprint density at radius 1 is 1.03 bits per heavy atom. The van der Waals surface area contributed by atoms with Gasteiger partial charge in [-0.2, -0.15) is 10.2 Å². The zero-order valence-corrected chi connectivity index (χ0v) is 19.5. The van der Waals surface area contributed by atoms with E-state index in [9.17, 15) is 4.79 Å². The highest BCUT2D eigenvalue weighted by molar-refractivity contribution is 6.33. The molecule has 35 heavy (non-hydrogen) atoms. The summed E-state index contributed by atoms with van der Waals surface area (Å²) in [5.41, 5.74) is 3.97. The summed E-state index contributed by atoms with van der Waals surface area (Å²) in [6, 6.07) is 15.8. The number of nitrogens with one attached hydrogen (secondary N) is 2. The Morgan fingerprint density at radius 3 is 2.66 bits per heavy atom. The van der Waals surface area contributed by atoms with Crippen LogP contribution in [0.25, 0.3) is 33.1 Å². The SMILES string of the molecule is O=C(c1cnnc2ccccc12)N1CCC(Nc2ncc(Cl)c(-c3c[nH]c4ccccc34)n2)CC1. The summed E-state index contributed by atoms with van der Waals surface area (Å²) in [7, 11) is 0. The lowest BCUT2D eigenvalue weighted by atomic mass is 10.0. The molecule has 0 aliphatic carbocycles. The summed E-state index contributed by atoms with van der Waals surface area (Å²) in [6.45, 7) is 1.27. The second-order valence-electron chi connectivity index (χ2n) is 8.62. The Hall–Kier alpha value is -4.04. The molecule has 174 valence electrons.